The van der Waals surface area contributed by atoms with Gasteiger partial charge in [0.2, 0.25) is 0 Å². The quantitative estimate of drug-likeness (QED) is 0.723. The summed E-state index contributed by atoms with van der Waals surface area (Å²) < 4.78 is 4.71. The highest BCUT2D eigenvalue weighted by Crippen LogP contribution is 2.25. The van der Waals surface area contributed by atoms with E-state index in [-0.39, 0.29) is 5.91 Å². The van der Waals surface area contributed by atoms with E-state index in [4.69, 9.17) is 4.74 Å². The van der Waals surface area contributed by atoms with Crippen molar-refractivity contribution in [1.29, 1.82) is 0 Å². The van der Waals surface area contributed by atoms with Crippen molar-refractivity contribution in [1.82, 2.24) is 4.98 Å². The molecule has 6 nitrogen and oxygen atoms in total. The van der Waals surface area contributed by atoms with Gasteiger partial charge in [-0.25, -0.2) is 4.79 Å². The fraction of sp³-hybridized carbons (Fsp3) is 0.227. The lowest BCUT2D eigenvalue weighted by molar-refractivity contribution is 0.102. The lowest BCUT2D eigenvalue weighted by atomic mass is 9.99. The summed E-state index contributed by atoms with van der Waals surface area (Å²) in [6.45, 7) is 3.96. The predicted molar refractivity (Wildman–Crippen MR) is 111 cm³/mol. The van der Waals surface area contributed by atoms with Crippen LogP contribution in [0.15, 0.2) is 48.5 Å². The van der Waals surface area contributed by atoms with Crippen LogP contribution in [0.5, 0.6) is 0 Å². The summed E-state index contributed by atoms with van der Waals surface area (Å²) >= 11 is 0. The van der Waals surface area contributed by atoms with E-state index in [9.17, 15) is 9.59 Å². The third-order valence-electron chi connectivity index (χ3n) is 4.76. The first kappa shape index (κ1) is 19.4. The summed E-state index contributed by atoms with van der Waals surface area (Å²) in [7, 11) is 2.96. The van der Waals surface area contributed by atoms with Gasteiger partial charge < -0.3 is 10.1 Å². The van der Waals surface area contributed by atoms with Crippen molar-refractivity contribution >= 4 is 34.3 Å². The molecule has 0 atom stereocenters. The van der Waals surface area contributed by atoms with Crippen LogP contribution >= 0.6 is 0 Å². The molecule has 0 spiro atoms. The Hall–Kier alpha value is -3.41. The molecule has 1 aromatic heterocycles. The van der Waals surface area contributed by atoms with Crippen LogP contribution in [0, 0.1) is 6.92 Å². The van der Waals surface area contributed by atoms with Crippen LogP contribution in [-0.2, 0) is 11.2 Å². The minimum Gasteiger partial charge on any atom is -0.452 e. The Bertz CT molecular complexity index is 1030. The number of carbonyl (C=O) groups excluding carboxylic acids is 2. The van der Waals surface area contributed by atoms with E-state index in [1.165, 1.54) is 12.0 Å². The van der Waals surface area contributed by atoms with Crippen molar-refractivity contribution in [2.24, 2.45) is 0 Å². The zero-order valence-electron chi connectivity index (χ0n) is 16.4. The molecule has 144 valence electrons. The van der Waals surface area contributed by atoms with Gasteiger partial charge in [-0.3, -0.25) is 14.7 Å². The summed E-state index contributed by atoms with van der Waals surface area (Å²) in [5.74, 6) is -0.181. The van der Waals surface area contributed by atoms with Crippen LogP contribution in [0.1, 0.15) is 28.5 Å². The third kappa shape index (κ3) is 3.67. The molecule has 0 aliphatic rings. The van der Waals surface area contributed by atoms with E-state index in [0.717, 1.165) is 28.6 Å². The Morgan fingerprint density at radius 1 is 1.11 bits per heavy atom. The number of aromatic nitrogens is 1. The van der Waals surface area contributed by atoms with Crippen LogP contribution in [0.3, 0.4) is 0 Å². The summed E-state index contributed by atoms with van der Waals surface area (Å²) in [6.07, 6.45) is 0.300. The SMILES string of the molecule is CCc1nc2ccccc2c(C(=O)Nc2ccc(N(C)C(=O)OC)cc2)c1C. The van der Waals surface area contributed by atoms with E-state index < -0.39 is 6.09 Å². The number of hydrogen-bond donors (Lipinski definition) is 1. The van der Waals surface area contributed by atoms with Crippen molar-refractivity contribution in [3.05, 3.63) is 65.4 Å². The van der Waals surface area contributed by atoms with Crippen LogP contribution < -0.4 is 10.2 Å². The molecule has 2 amide bonds. The molecule has 3 rings (SSSR count). The van der Waals surface area contributed by atoms with E-state index in [0.29, 0.717) is 16.9 Å². The van der Waals surface area contributed by atoms with Gasteiger partial charge in [0.15, 0.2) is 0 Å². The molecular formula is C22H23N3O3. The summed E-state index contributed by atoms with van der Waals surface area (Å²) in [6, 6.07) is 14.7. The normalized spacial score (nSPS) is 10.6. The number of pyridine rings is 1. The van der Waals surface area contributed by atoms with E-state index in [2.05, 4.69) is 10.3 Å². The van der Waals surface area contributed by atoms with Crippen molar-refractivity contribution in [3.63, 3.8) is 0 Å². The molecule has 0 aliphatic heterocycles. The predicted octanol–water partition coefficient (Wildman–Crippen LogP) is 4.56. The van der Waals surface area contributed by atoms with Crippen LogP contribution in [-0.4, -0.2) is 31.1 Å². The van der Waals surface area contributed by atoms with Gasteiger partial charge in [0, 0.05) is 29.5 Å². The molecule has 0 aliphatic carbocycles. The topological polar surface area (TPSA) is 71.5 Å². The molecule has 0 radical (unpaired) electrons. The molecule has 0 bridgehead atoms. The minimum absolute atomic E-state index is 0.181. The summed E-state index contributed by atoms with van der Waals surface area (Å²) in [4.78, 5) is 30.7. The fourth-order valence-corrected chi connectivity index (χ4v) is 3.20. The van der Waals surface area contributed by atoms with E-state index in [1.54, 1.807) is 31.3 Å². The highest BCUT2D eigenvalue weighted by atomic mass is 16.5. The molecule has 0 saturated heterocycles. The molecule has 2 aromatic carbocycles. The number of ether oxygens (including phenoxy) is 1. The largest absolute Gasteiger partial charge is 0.452 e. The number of hydrogen-bond acceptors (Lipinski definition) is 4. The lowest BCUT2D eigenvalue weighted by Crippen LogP contribution is -2.25. The molecule has 0 saturated carbocycles. The van der Waals surface area contributed by atoms with Crippen molar-refractivity contribution in [2.45, 2.75) is 20.3 Å². The first-order valence-electron chi connectivity index (χ1n) is 9.07. The number of methoxy groups -OCH3 is 1. The van der Waals surface area contributed by atoms with E-state index >= 15 is 0 Å². The van der Waals surface area contributed by atoms with Crippen LogP contribution in [0.25, 0.3) is 10.9 Å². The second-order valence-electron chi connectivity index (χ2n) is 6.46. The standard InChI is InChI=1S/C22H23N3O3/c1-5-18-14(2)20(17-8-6-7-9-19(17)24-18)21(26)23-15-10-12-16(13-11-15)25(3)22(27)28-4/h6-13H,5H2,1-4H3,(H,23,26). The van der Waals surface area contributed by atoms with Gasteiger partial charge in [-0.15, -0.1) is 0 Å². The highest BCUT2D eigenvalue weighted by Gasteiger charge is 2.18. The number of benzene rings is 2. The van der Waals surface area contributed by atoms with Gasteiger partial charge in [-0.1, -0.05) is 25.1 Å². The number of rotatable bonds is 4. The van der Waals surface area contributed by atoms with Crippen LogP contribution in [0.2, 0.25) is 0 Å². The zero-order chi connectivity index (χ0) is 20.3. The van der Waals surface area contributed by atoms with Gasteiger partial charge >= 0.3 is 6.09 Å². The number of carbonyl (C=O) groups is 2. The first-order valence-corrected chi connectivity index (χ1v) is 9.07. The Morgan fingerprint density at radius 3 is 2.43 bits per heavy atom. The molecule has 0 unspecified atom stereocenters. The maximum absolute atomic E-state index is 13.1. The second kappa shape index (κ2) is 8.08. The monoisotopic (exact) mass is 377 g/mol. The molecule has 28 heavy (non-hydrogen) atoms. The maximum Gasteiger partial charge on any atom is 0.413 e. The number of para-hydroxylation sites is 1. The molecular weight excluding hydrogens is 354 g/mol. The summed E-state index contributed by atoms with van der Waals surface area (Å²) in [5, 5.41) is 3.78. The Morgan fingerprint density at radius 2 is 1.79 bits per heavy atom. The number of fused-ring (bicyclic) bond motifs is 1. The number of aryl methyl sites for hydroxylation is 1. The van der Waals surface area contributed by atoms with Gasteiger partial charge in [0.25, 0.3) is 5.91 Å². The number of nitrogens with one attached hydrogen (secondary N) is 1. The second-order valence-corrected chi connectivity index (χ2v) is 6.46. The Balaban J connectivity index is 1.91. The first-order chi connectivity index (χ1) is 13.5. The van der Waals surface area contributed by atoms with Gasteiger partial charge in [-0.05, 0) is 49.2 Å². The average molecular weight is 377 g/mol. The van der Waals surface area contributed by atoms with Crippen molar-refractivity contribution in [3.8, 4) is 0 Å². The highest BCUT2D eigenvalue weighted by molar-refractivity contribution is 6.13. The number of nitrogens with zero attached hydrogens (tertiary/aromatic N) is 2. The Kier molecular flexibility index (Phi) is 5.59. The lowest BCUT2D eigenvalue weighted by Gasteiger charge is -2.16. The average Bonchev–Trinajstić information content (AvgIpc) is 2.72. The van der Waals surface area contributed by atoms with Crippen LogP contribution in [0.4, 0.5) is 16.2 Å². The maximum atomic E-state index is 13.1. The van der Waals surface area contributed by atoms with E-state index in [1.807, 2.05) is 38.1 Å². The van der Waals surface area contributed by atoms with Gasteiger partial charge in [0.1, 0.15) is 0 Å². The molecule has 1 heterocycles. The van der Waals surface area contributed by atoms with Crippen molar-refractivity contribution < 1.29 is 14.3 Å². The summed E-state index contributed by atoms with van der Waals surface area (Å²) in [5.41, 5.74) is 4.57. The number of amides is 2. The molecule has 6 heteroatoms. The smallest absolute Gasteiger partial charge is 0.413 e. The fourth-order valence-electron chi connectivity index (χ4n) is 3.20. The van der Waals surface area contributed by atoms with Gasteiger partial charge in [-0.2, -0.15) is 0 Å². The minimum atomic E-state index is -0.456. The van der Waals surface area contributed by atoms with Crippen molar-refractivity contribution in [2.75, 3.05) is 24.4 Å². The molecule has 3 aromatic rings. The third-order valence-corrected chi connectivity index (χ3v) is 4.76. The number of anilines is 2. The molecule has 0 fully saturated rings. The van der Waals surface area contributed by atoms with Gasteiger partial charge in [0.05, 0.1) is 18.2 Å². The zero-order valence-corrected chi connectivity index (χ0v) is 16.4. The molecule has 1 N–H and O–H groups in total. The Labute approximate surface area is 164 Å².